The Balaban J connectivity index is 1.97. The van der Waals surface area contributed by atoms with Crippen molar-refractivity contribution in [2.75, 3.05) is 11.4 Å². The van der Waals surface area contributed by atoms with Crippen molar-refractivity contribution in [1.29, 1.82) is 0 Å². The van der Waals surface area contributed by atoms with E-state index in [0.29, 0.717) is 13.0 Å². The van der Waals surface area contributed by atoms with Crippen LogP contribution < -0.4 is 10.2 Å². The number of nitrogens with one attached hydrogen (secondary N) is 1. The summed E-state index contributed by atoms with van der Waals surface area (Å²) in [4.78, 5) is 26.6. The van der Waals surface area contributed by atoms with Crippen LogP contribution in [0.25, 0.3) is 0 Å². The van der Waals surface area contributed by atoms with E-state index in [1.54, 1.807) is 4.90 Å². The van der Waals surface area contributed by atoms with Gasteiger partial charge in [-0.25, -0.2) is 0 Å². The first-order chi connectivity index (χ1) is 9.50. The van der Waals surface area contributed by atoms with Crippen molar-refractivity contribution >= 4 is 17.5 Å². The van der Waals surface area contributed by atoms with Gasteiger partial charge in [0.1, 0.15) is 5.54 Å². The van der Waals surface area contributed by atoms with Crippen molar-refractivity contribution in [3.8, 4) is 0 Å². The molecule has 2 fully saturated rings. The van der Waals surface area contributed by atoms with E-state index in [1.165, 1.54) is 0 Å². The summed E-state index contributed by atoms with van der Waals surface area (Å²) in [5.41, 5.74) is 1.27. The summed E-state index contributed by atoms with van der Waals surface area (Å²) >= 11 is 0. The number of rotatable bonds is 2. The minimum Gasteiger partial charge on any atom is -0.342 e. The molecule has 1 aromatic rings. The lowest BCUT2D eigenvalue weighted by molar-refractivity contribution is -0.130. The Morgan fingerprint density at radius 2 is 2.05 bits per heavy atom. The zero-order valence-corrected chi connectivity index (χ0v) is 12.0. The topological polar surface area (TPSA) is 49.4 Å². The fourth-order valence-electron chi connectivity index (χ4n) is 2.98. The van der Waals surface area contributed by atoms with Gasteiger partial charge in [-0.15, -0.1) is 0 Å². The minimum atomic E-state index is -0.739. The average molecular weight is 272 g/mol. The Morgan fingerprint density at radius 1 is 1.30 bits per heavy atom. The molecule has 3 rings (SSSR count). The molecule has 1 atom stereocenters. The second-order valence-electron chi connectivity index (χ2n) is 6.07. The number of nitrogens with zero attached hydrogens (tertiary/aromatic N) is 1. The average Bonchev–Trinajstić information content (AvgIpc) is 3.22. The molecule has 1 saturated heterocycles. The van der Waals surface area contributed by atoms with Gasteiger partial charge >= 0.3 is 0 Å². The molecule has 4 nitrogen and oxygen atoms in total. The first-order valence-corrected chi connectivity index (χ1v) is 7.20. The smallest absolute Gasteiger partial charge is 0.252 e. The second-order valence-corrected chi connectivity index (χ2v) is 6.07. The first-order valence-electron chi connectivity index (χ1n) is 7.20. The van der Waals surface area contributed by atoms with Crippen molar-refractivity contribution in [2.24, 2.45) is 5.92 Å². The summed E-state index contributed by atoms with van der Waals surface area (Å²) in [5.74, 6) is 0.281. The van der Waals surface area contributed by atoms with Gasteiger partial charge in [0.25, 0.3) is 5.91 Å². The summed E-state index contributed by atoms with van der Waals surface area (Å²) in [6.45, 7) is 4.34. The van der Waals surface area contributed by atoms with E-state index in [1.807, 2.05) is 38.1 Å². The highest BCUT2D eigenvalue weighted by atomic mass is 16.2. The quantitative estimate of drug-likeness (QED) is 0.895. The van der Waals surface area contributed by atoms with Gasteiger partial charge in [0.15, 0.2) is 0 Å². The van der Waals surface area contributed by atoms with Gasteiger partial charge < -0.3 is 10.2 Å². The van der Waals surface area contributed by atoms with Crippen LogP contribution in [0.3, 0.4) is 0 Å². The van der Waals surface area contributed by atoms with E-state index in [4.69, 9.17) is 0 Å². The summed E-state index contributed by atoms with van der Waals surface area (Å²) < 4.78 is 0. The number of hydrogen-bond donors (Lipinski definition) is 1. The number of hydrogen-bond acceptors (Lipinski definition) is 2. The summed E-state index contributed by atoms with van der Waals surface area (Å²) in [6.07, 6.45) is 2.40. The lowest BCUT2D eigenvalue weighted by atomic mass is 9.94. The molecule has 0 aromatic heterocycles. The van der Waals surface area contributed by atoms with E-state index in [0.717, 1.165) is 24.1 Å². The number of benzene rings is 1. The molecule has 106 valence electrons. The van der Waals surface area contributed by atoms with Gasteiger partial charge in [0.05, 0.1) is 0 Å². The molecule has 4 heteroatoms. The largest absolute Gasteiger partial charge is 0.342 e. The van der Waals surface area contributed by atoms with Crippen LogP contribution in [-0.2, 0) is 9.59 Å². The molecule has 1 aliphatic heterocycles. The molecule has 1 N–H and O–H groups in total. The van der Waals surface area contributed by atoms with E-state index in [2.05, 4.69) is 5.32 Å². The molecule has 1 saturated carbocycles. The standard InChI is InChI=1S/C16H20N2O2/c1-11-4-3-5-13(10-11)18-9-8-14(19)17-16(2,15(18)20)12-6-7-12/h3-5,10,12H,6-9H2,1-2H3,(H,17,19). The predicted octanol–water partition coefficient (Wildman–Crippen LogP) is 2.02. The third kappa shape index (κ3) is 2.19. The molecule has 2 aliphatic rings. The van der Waals surface area contributed by atoms with Crippen LogP contribution in [0.1, 0.15) is 31.7 Å². The van der Waals surface area contributed by atoms with Crippen molar-refractivity contribution in [2.45, 2.75) is 38.6 Å². The molecule has 0 bridgehead atoms. The van der Waals surface area contributed by atoms with Crippen molar-refractivity contribution < 1.29 is 9.59 Å². The third-order valence-electron chi connectivity index (χ3n) is 4.36. The van der Waals surface area contributed by atoms with Crippen LogP contribution in [0.5, 0.6) is 0 Å². The summed E-state index contributed by atoms with van der Waals surface area (Å²) in [7, 11) is 0. The van der Waals surface area contributed by atoms with E-state index in [9.17, 15) is 9.59 Å². The fourth-order valence-corrected chi connectivity index (χ4v) is 2.98. The molecule has 1 aliphatic carbocycles. The normalized spacial score (nSPS) is 27.2. The number of carbonyl (C=O) groups excluding carboxylic acids is 2. The van der Waals surface area contributed by atoms with Crippen LogP contribution in [0, 0.1) is 12.8 Å². The zero-order chi connectivity index (χ0) is 14.3. The lowest BCUT2D eigenvalue weighted by Gasteiger charge is -2.32. The van der Waals surface area contributed by atoms with Gasteiger partial charge in [-0.05, 0) is 50.3 Å². The molecule has 1 unspecified atom stereocenters. The van der Waals surface area contributed by atoms with Gasteiger partial charge in [0, 0.05) is 18.7 Å². The maximum Gasteiger partial charge on any atom is 0.252 e. The Labute approximate surface area is 119 Å². The minimum absolute atomic E-state index is 0.0245. The van der Waals surface area contributed by atoms with Crippen LogP contribution in [0.15, 0.2) is 24.3 Å². The van der Waals surface area contributed by atoms with Crippen LogP contribution >= 0.6 is 0 Å². The molecular formula is C16H20N2O2. The molecule has 20 heavy (non-hydrogen) atoms. The Bertz CT molecular complexity index is 565. The monoisotopic (exact) mass is 272 g/mol. The summed E-state index contributed by atoms with van der Waals surface area (Å²) in [6, 6.07) is 7.90. The van der Waals surface area contributed by atoms with Gasteiger partial charge in [0.2, 0.25) is 5.91 Å². The molecule has 2 amide bonds. The summed E-state index contributed by atoms with van der Waals surface area (Å²) in [5, 5.41) is 2.95. The van der Waals surface area contributed by atoms with Gasteiger partial charge in [-0.2, -0.15) is 0 Å². The van der Waals surface area contributed by atoms with Gasteiger partial charge in [-0.1, -0.05) is 12.1 Å². The first kappa shape index (κ1) is 13.2. The van der Waals surface area contributed by atoms with Crippen LogP contribution in [0.2, 0.25) is 0 Å². The molecule has 1 heterocycles. The van der Waals surface area contributed by atoms with E-state index < -0.39 is 5.54 Å². The van der Waals surface area contributed by atoms with Crippen molar-refractivity contribution in [1.82, 2.24) is 5.32 Å². The number of amides is 2. The Hall–Kier alpha value is -1.84. The Kier molecular flexibility index (Phi) is 3.04. The maximum atomic E-state index is 12.9. The second kappa shape index (κ2) is 4.62. The maximum absolute atomic E-state index is 12.9. The SMILES string of the molecule is Cc1cccc(N2CCC(=O)NC(C)(C3CC3)C2=O)c1. The predicted molar refractivity (Wildman–Crippen MR) is 77.4 cm³/mol. The van der Waals surface area contributed by atoms with Crippen LogP contribution in [0.4, 0.5) is 5.69 Å². The third-order valence-corrected chi connectivity index (χ3v) is 4.36. The fraction of sp³-hybridized carbons (Fsp3) is 0.500. The highest BCUT2D eigenvalue weighted by Crippen LogP contribution is 2.42. The Morgan fingerprint density at radius 3 is 2.70 bits per heavy atom. The molecular weight excluding hydrogens is 252 g/mol. The molecule has 0 spiro atoms. The van der Waals surface area contributed by atoms with Crippen LogP contribution in [-0.4, -0.2) is 23.9 Å². The molecule has 1 aromatic carbocycles. The molecule has 0 radical (unpaired) electrons. The van der Waals surface area contributed by atoms with Crippen molar-refractivity contribution in [3.63, 3.8) is 0 Å². The zero-order valence-electron chi connectivity index (χ0n) is 12.0. The number of carbonyl (C=O) groups is 2. The highest BCUT2D eigenvalue weighted by Gasteiger charge is 2.51. The van der Waals surface area contributed by atoms with E-state index in [-0.39, 0.29) is 17.7 Å². The highest BCUT2D eigenvalue weighted by molar-refractivity contribution is 6.04. The number of anilines is 1. The van der Waals surface area contributed by atoms with Crippen molar-refractivity contribution in [3.05, 3.63) is 29.8 Å². The lowest BCUT2D eigenvalue weighted by Crippen LogP contribution is -2.56. The van der Waals surface area contributed by atoms with Gasteiger partial charge in [-0.3, -0.25) is 9.59 Å². The van der Waals surface area contributed by atoms with E-state index >= 15 is 0 Å². The number of aryl methyl sites for hydroxylation is 1.